The molecule has 2 N–H and O–H groups in total. The van der Waals surface area contributed by atoms with Crippen LogP contribution in [0.1, 0.15) is 20.7 Å². The highest BCUT2D eigenvalue weighted by atomic mass is 16.5. The number of ether oxygens (including phenoxy) is 1. The Kier molecular flexibility index (Phi) is 4.93. The predicted molar refractivity (Wildman–Crippen MR) is 77.7 cm³/mol. The van der Waals surface area contributed by atoms with Crippen LogP contribution in [0.5, 0.6) is 5.75 Å². The number of hydrogen-bond acceptors (Lipinski definition) is 3. The van der Waals surface area contributed by atoms with E-state index in [0.717, 1.165) is 0 Å². The van der Waals surface area contributed by atoms with Crippen molar-refractivity contribution in [1.82, 2.24) is 5.32 Å². The molecule has 0 heterocycles. The van der Waals surface area contributed by atoms with Crippen LogP contribution in [0.25, 0.3) is 0 Å². The number of hydrogen-bond donors (Lipinski definition) is 2. The molecule has 0 saturated heterocycles. The van der Waals surface area contributed by atoms with Crippen LogP contribution >= 0.6 is 0 Å². The first-order valence-corrected chi connectivity index (χ1v) is 6.46. The SMILES string of the molecule is O=C(O)c1ccc(OCCNC(=O)c2ccccc2)cc1. The van der Waals surface area contributed by atoms with Crippen LogP contribution in [0.4, 0.5) is 0 Å². The van der Waals surface area contributed by atoms with E-state index in [2.05, 4.69) is 5.32 Å². The van der Waals surface area contributed by atoms with Gasteiger partial charge in [0, 0.05) is 5.56 Å². The highest BCUT2D eigenvalue weighted by Crippen LogP contribution is 2.11. The van der Waals surface area contributed by atoms with Crippen molar-refractivity contribution in [2.45, 2.75) is 0 Å². The maximum Gasteiger partial charge on any atom is 0.335 e. The van der Waals surface area contributed by atoms with Gasteiger partial charge in [-0.05, 0) is 36.4 Å². The molecule has 0 aliphatic rings. The Hall–Kier alpha value is -2.82. The minimum Gasteiger partial charge on any atom is -0.492 e. The van der Waals surface area contributed by atoms with Gasteiger partial charge >= 0.3 is 5.97 Å². The number of rotatable bonds is 6. The van der Waals surface area contributed by atoms with E-state index in [9.17, 15) is 9.59 Å². The van der Waals surface area contributed by atoms with Gasteiger partial charge in [0.25, 0.3) is 5.91 Å². The zero-order valence-electron chi connectivity index (χ0n) is 11.3. The second kappa shape index (κ2) is 7.09. The molecule has 5 nitrogen and oxygen atoms in total. The summed E-state index contributed by atoms with van der Waals surface area (Å²) in [4.78, 5) is 22.4. The van der Waals surface area contributed by atoms with Crippen LogP contribution in [-0.4, -0.2) is 30.1 Å². The highest BCUT2D eigenvalue weighted by molar-refractivity contribution is 5.94. The number of nitrogens with one attached hydrogen (secondary N) is 1. The largest absolute Gasteiger partial charge is 0.492 e. The topological polar surface area (TPSA) is 75.6 Å². The van der Waals surface area contributed by atoms with E-state index in [1.54, 1.807) is 36.4 Å². The summed E-state index contributed by atoms with van der Waals surface area (Å²) in [5.74, 6) is -0.564. The van der Waals surface area contributed by atoms with Crippen molar-refractivity contribution in [3.05, 3.63) is 65.7 Å². The number of carboxylic acid groups (broad SMARTS) is 1. The van der Waals surface area contributed by atoms with Crippen LogP contribution in [0, 0.1) is 0 Å². The molecule has 0 spiro atoms. The first kappa shape index (κ1) is 14.6. The van der Waals surface area contributed by atoms with Gasteiger partial charge in [0.15, 0.2) is 0 Å². The van der Waals surface area contributed by atoms with Gasteiger partial charge in [-0.3, -0.25) is 4.79 Å². The van der Waals surface area contributed by atoms with E-state index in [0.29, 0.717) is 24.5 Å². The Bertz CT molecular complexity index is 608. The standard InChI is InChI=1S/C16H15NO4/c18-15(12-4-2-1-3-5-12)17-10-11-21-14-8-6-13(7-9-14)16(19)20/h1-9H,10-11H2,(H,17,18)(H,19,20). The first-order valence-electron chi connectivity index (χ1n) is 6.46. The van der Waals surface area contributed by atoms with E-state index in [4.69, 9.17) is 9.84 Å². The summed E-state index contributed by atoms with van der Waals surface area (Å²) in [6.45, 7) is 0.680. The number of amides is 1. The van der Waals surface area contributed by atoms with Crippen molar-refractivity contribution in [2.75, 3.05) is 13.2 Å². The van der Waals surface area contributed by atoms with Gasteiger partial charge in [-0.2, -0.15) is 0 Å². The second-order valence-corrected chi connectivity index (χ2v) is 4.30. The van der Waals surface area contributed by atoms with Crippen LogP contribution < -0.4 is 10.1 Å². The summed E-state index contributed by atoms with van der Waals surface area (Å²) in [6.07, 6.45) is 0. The summed E-state index contributed by atoms with van der Waals surface area (Å²) in [6, 6.07) is 15.0. The lowest BCUT2D eigenvalue weighted by atomic mass is 10.2. The summed E-state index contributed by atoms with van der Waals surface area (Å²) in [5, 5.41) is 11.5. The van der Waals surface area contributed by atoms with Crippen LogP contribution in [-0.2, 0) is 0 Å². The van der Waals surface area contributed by atoms with Crippen LogP contribution in [0.2, 0.25) is 0 Å². The summed E-state index contributed by atoms with van der Waals surface area (Å²) in [7, 11) is 0. The number of carbonyl (C=O) groups excluding carboxylic acids is 1. The zero-order valence-corrected chi connectivity index (χ0v) is 11.3. The Morgan fingerprint density at radius 1 is 0.952 bits per heavy atom. The molecule has 108 valence electrons. The highest BCUT2D eigenvalue weighted by Gasteiger charge is 2.04. The van der Waals surface area contributed by atoms with Crippen molar-refractivity contribution in [1.29, 1.82) is 0 Å². The molecule has 2 rings (SSSR count). The number of carboxylic acids is 1. The zero-order chi connectivity index (χ0) is 15.1. The molecule has 0 aliphatic heterocycles. The van der Waals surface area contributed by atoms with Crippen LogP contribution in [0.3, 0.4) is 0 Å². The molecular formula is C16H15NO4. The monoisotopic (exact) mass is 285 g/mol. The Morgan fingerprint density at radius 3 is 2.24 bits per heavy atom. The van der Waals surface area contributed by atoms with Gasteiger partial charge in [0.2, 0.25) is 0 Å². The van der Waals surface area contributed by atoms with E-state index < -0.39 is 5.97 Å². The third-order valence-electron chi connectivity index (χ3n) is 2.79. The van der Waals surface area contributed by atoms with Gasteiger partial charge in [0.05, 0.1) is 12.1 Å². The van der Waals surface area contributed by atoms with Gasteiger partial charge in [-0.1, -0.05) is 18.2 Å². The molecule has 2 aromatic rings. The molecule has 0 fully saturated rings. The minimum absolute atomic E-state index is 0.152. The Morgan fingerprint density at radius 2 is 1.62 bits per heavy atom. The molecule has 0 aliphatic carbocycles. The van der Waals surface area contributed by atoms with Gasteiger partial charge in [0.1, 0.15) is 12.4 Å². The van der Waals surface area contributed by atoms with E-state index in [-0.39, 0.29) is 11.5 Å². The van der Waals surface area contributed by atoms with E-state index in [1.165, 1.54) is 12.1 Å². The molecular weight excluding hydrogens is 270 g/mol. The Balaban J connectivity index is 1.75. The smallest absolute Gasteiger partial charge is 0.335 e. The lowest BCUT2D eigenvalue weighted by Crippen LogP contribution is -2.28. The predicted octanol–water partition coefficient (Wildman–Crippen LogP) is 2.19. The van der Waals surface area contributed by atoms with Crippen molar-refractivity contribution < 1.29 is 19.4 Å². The van der Waals surface area contributed by atoms with E-state index >= 15 is 0 Å². The summed E-state index contributed by atoms with van der Waals surface area (Å²) in [5.41, 5.74) is 0.808. The maximum absolute atomic E-state index is 11.7. The summed E-state index contributed by atoms with van der Waals surface area (Å²) < 4.78 is 5.42. The molecule has 21 heavy (non-hydrogen) atoms. The number of aromatic carboxylic acids is 1. The Labute approximate surface area is 122 Å². The third-order valence-corrected chi connectivity index (χ3v) is 2.79. The summed E-state index contributed by atoms with van der Waals surface area (Å²) >= 11 is 0. The maximum atomic E-state index is 11.7. The van der Waals surface area contributed by atoms with Crippen molar-refractivity contribution in [3.8, 4) is 5.75 Å². The minimum atomic E-state index is -0.975. The molecule has 0 saturated carbocycles. The molecule has 0 aromatic heterocycles. The van der Waals surface area contributed by atoms with Crippen molar-refractivity contribution in [2.24, 2.45) is 0 Å². The lowest BCUT2D eigenvalue weighted by molar-refractivity contribution is 0.0696. The van der Waals surface area contributed by atoms with Gasteiger partial charge in [-0.25, -0.2) is 4.79 Å². The number of carbonyl (C=O) groups is 2. The molecule has 1 amide bonds. The fraction of sp³-hybridized carbons (Fsp3) is 0.125. The molecule has 0 radical (unpaired) electrons. The fourth-order valence-electron chi connectivity index (χ4n) is 1.72. The fourth-order valence-corrected chi connectivity index (χ4v) is 1.72. The average Bonchev–Trinajstić information content (AvgIpc) is 2.52. The van der Waals surface area contributed by atoms with Crippen LogP contribution in [0.15, 0.2) is 54.6 Å². The molecule has 2 aromatic carbocycles. The number of benzene rings is 2. The first-order chi connectivity index (χ1) is 10.2. The molecule has 0 bridgehead atoms. The normalized spacial score (nSPS) is 9.90. The van der Waals surface area contributed by atoms with Gasteiger partial charge < -0.3 is 15.2 Å². The molecule has 0 unspecified atom stereocenters. The second-order valence-electron chi connectivity index (χ2n) is 4.30. The quantitative estimate of drug-likeness (QED) is 0.798. The van der Waals surface area contributed by atoms with E-state index in [1.807, 2.05) is 6.07 Å². The third kappa shape index (κ3) is 4.35. The van der Waals surface area contributed by atoms with Crippen molar-refractivity contribution in [3.63, 3.8) is 0 Å². The molecule has 0 atom stereocenters. The van der Waals surface area contributed by atoms with Gasteiger partial charge in [-0.15, -0.1) is 0 Å². The lowest BCUT2D eigenvalue weighted by Gasteiger charge is -2.08. The average molecular weight is 285 g/mol. The van der Waals surface area contributed by atoms with Crippen molar-refractivity contribution >= 4 is 11.9 Å². The molecule has 5 heteroatoms.